The average molecular weight is 430 g/mol. The normalized spacial score (nSPS) is 15.6. The number of nitrogens with one attached hydrogen (secondary N) is 1. The maximum Gasteiger partial charge on any atom is 0.256 e. The fourth-order valence-corrected chi connectivity index (χ4v) is 5.02. The van der Waals surface area contributed by atoms with Crippen LogP contribution in [-0.4, -0.2) is 42.9 Å². The van der Waals surface area contributed by atoms with E-state index in [0.29, 0.717) is 29.9 Å². The van der Waals surface area contributed by atoms with E-state index >= 15 is 0 Å². The molecule has 0 aromatic heterocycles. The lowest BCUT2D eigenvalue weighted by molar-refractivity contribution is 0.0746. The van der Waals surface area contributed by atoms with Gasteiger partial charge in [0.1, 0.15) is 0 Å². The van der Waals surface area contributed by atoms with Crippen LogP contribution in [0, 0.1) is 6.92 Å². The molecule has 6 heteroatoms. The van der Waals surface area contributed by atoms with Crippen molar-refractivity contribution in [3.8, 4) is 0 Å². The molecular weight excluding hydrogens is 406 g/mol. The molecule has 2 aliphatic heterocycles. The van der Waals surface area contributed by atoms with Crippen molar-refractivity contribution >= 4 is 35.0 Å². The van der Waals surface area contributed by atoms with Gasteiger partial charge in [-0.15, -0.1) is 0 Å². The maximum absolute atomic E-state index is 13.1. The molecule has 0 spiro atoms. The van der Waals surface area contributed by atoms with Gasteiger partial charge in [0.05, 0.1) is 11.3 Å². The topological polar surface area (TPSA) is 52.6 Å². The highest BCUT2D eigenvalue weighted by Gasteiger charge is 2.25. The van der Waals surface area contributed by atoms with Crippen LogP contribution < -0.4 is 10.2 Å². The van der Waals surface area contributed by atoms with Crippen molar-refractivity contribution < 1.29 is 9.59 Å². The number of carbonyl (C=O) groups excluding carboxylic acids is 2. The number of rotatable bonds is 2. The molecule has 2 aliphatic rings. The van der Waals surface area contributed by atoms with Gasteiger partial charge < -0.3 is 15.1 Å². The van der Waals surface area contributed by atoms with E-state index in [1.165, 1.54) is 11.3 Å². The Balaban J connectivity index is 1.30. The number of carbonyl (C=O) groups is 2. The Morgan fingerprint density at radius 2 is 1.65 bits per heavy atom. The Morgan fingerprint density at radius 3 is 2.42 bits per heavy atom. The molecule has 3 aromatic carbocycles. The number of aryl methyl sites for hydroxylation is 1. The largest absolute Gasteiger partial charge is 0.368 e. The van der Waals surface area contributed by atoms with Crippen LogP contribution in [0.5, 0.6) is 0 Å². The molecule has 0 bridgehead atoms. The van der Waals surface area contributed by atoms with Crippen molar-refractivity contribution in [3.05, 3.63) is 83.4 Å². The van der Waals surface area contributed by atoms with Gasteiger partial charge in [-0.2, -0.15) is 0 Å². The van der Waals surface area contributed by atoms with Crippen LogP contribution >= 0.6 is 11.8 Å². The SMILES string of the molecule is Cc1ccc(N2CCN(C(=O)c3ccc4c(c3)NC(=O)c3ccccc3S4)CC2)cc1. The minimum Gasteiger partial charge on any atom is -0.368 e. The zero-order valence-corrected chi connectivity index (χ0v) is 18.1. The van der Waals surface area contributed by atoms with Gasteiger partial charge >= 0.3 is 0 Å². The third-order valence-corrected chi connectivity index (χ3v) is 6.94. The molecule has 5 nitrogen and oxygen atoms in total. The molecule has 3 aromatic rings. The maximum atomic E-state index is 13.1. The van der Waals surface area contributed by atoms with Crippen LogP contribution in [0.4, 0.5) is 11.4 Å². The van der Waals surface area contributed by atoms with Crippen LogP contribution in [0.25, 0.3) is 0 Å². The molecular formula is C25H23N3O2S. The molecule has 1 saturated heterocycles. The van der Waals surface area contributed by atoms with Crippen LogP contribution in [0.2, 0.25) is 0 Å². The minimum atomic E-state index is -0.141. The molecule has 5 rings (SSSR count). The number of hydrogen-bond donors (Lipinski definition) is 1. The molecule has 2 amide bonds. The van der Waals surface area contributed by atoms with Gasteiger partial charge in [-0.1, -0.05) is 41.6 Å². The fraction of sp³-hybridized carbons (Fsp3) is 0.200. The van der Waals surface area contributed by atoms with E-state index in [2.05, 4.69) is 41.4 Å². The summed E-state index contributed by atoms with van der Waals surface area (Å²) in [6.07, 6.45) is 0. The molecule has 0 saturated carbocycles. The van der Waals surface area contributed by atoms with E-state index < -0.39 is 0 Å². The summed E-state index contributed by atoms with van der Waals surface area (Å²) in [6, 6.07) is 21.7. The second-order valence-electron chi connectivity index (χ2n) is 7.88. The van der Waals surface area contributed by atoms with Crippen molar-refractivity contribution in [2.45, 2.75) is 16.7 Å². The second kappa shape index (κ2) is 8.12. The molecule has 0 unspecified atom stereocenters. The number of fused-ring (bicyclic) bond motifs is 2. The number of piperazine rings is 1. The van der Waals surface area contributed by atoms with E-state index in [1.54, 1.807) is 17.8 Å². The van der Waals surface area contributed by atoms with Gasteiger partial charge in [0.25, 0.3) is 11.8 Å². The summed E-state index contributed by atoms with van der Waals surface area (Å²) in [5.41, 5.74) is 4.39. The summed E-state index contributed by atoms with van der Waals surface area (Å²) in [4.78, 5) is 31.8. The van der Waals surface area contributed by atoms with Crippen molar-refractivity contribution in [2.75, 3.05) is 36.4 Å². The standard InChI is InChI=1S/C25H23N3O2S/c1-17-6-9-19(10-7-17)27-12-14-28(15-13-27)25(30)18-8-11-23-21(16-18)26-24(29)20-4-2-3-5-22(20)31-23/h2-11,16H,12-15H2,1H3,(H,26,29). The third-order valence-electron chi connectivity index (χ3n) is 5.79. The van der Waals surface area contributed by atoms with Crippen LogP contribution in [-0.2, 0) is 0 Å². The quantitative estimate of drug-likeness (QED) is 0.643. The predicted molar refractivity (Wildman–Crippen MR) is 124 cm³/mol. The summed E-state index contributed by atoms with van der Waals surface area (Å²) >= 11 is 1.55. The van der Waals surface area contributed by atoms with Gasteiger partial charge in [0.15, 0.2) is 0 Å². The van der Waals surface area contributed by atoms with Crippen molar-refractivity contribution in [1.82, 2.24) is 4.90 Å². The Bertz CT molecular complexity index is 1150. The molecule has 0 atom stereocenters. The first-order valence-electron chi connectivity index (χ1n) is 10.4. The highest BCUT2D eigenvalue weighted by Crippen LogP contribution is 2.39. The van der Waals surface area contributed by atoms with E-state index in [-0.39, 0.29) is 11.8 Å². The highest BCUT2D eigenvalue weighted by atomic mass is 32.2. The molecule has 1 N–H and O–H groups in total. The number of nitrogens with zero attached hydrogens (tertiary/aromatic N) is 2. The van der Waals surface area contributed by atoms with Crippen LogP contribution in [0.3, 0.4) is 0 Å². The smallest absolute Gasteiger partial charge is 0.256 e. The lowest BCUT2D eigenvalue weighted by atomic mass is 10.1. The van der Waals surface area contributed by atoms with Crippen LogP contribution in [0.15, 0.2) is 76.5 Å². The Morgan fingerprint density at radius 1 is 0.903 bits per heavy atom. The van der Waals surface area contributed by atoms with Crippen molar-refractivity contribution in [1.29, 1.82) is 0 Å². The zero-order chi connectivity index (χ0) is 21.4. The van der Waals surface area contributed by atoms with Gasteiger partial charge in [-0.05, 0) is 49.4 Å². The summed E-state index contributed by atoms with van der Waals surface area (Å²) in [5.74, 6) is -0.134. The molecule has 156 valence electrons. The first-order chi connectivity index (χ1) is 15.1. The lowest BCUT2D eigenvalue weighted by Gasteiger charge is -2.36. The Kier molecular flexibility index (Phi) is 5.16. The average Bonchev–Trinajstić information content (AvgIpc) is 2.94. The van der Waals surface area contributed by atoms with E-state index in [9.17, 15) is 9.59 Å². The van der Waals surface area contributed by atoms with Crippen molar-refractivity contribution in [3.63, 3.8) is 0 Å². The first kappa shape index (κ1) is 19.7. The number of anilines is 2. The third kappa shape index (κ3) is 3.91. The molecule has 2 heterocycles. The van der Waals surface area contributed by atoms with Gasteiger partial charge in [-0.3, -0.25) is 9.59 Å². The first-order valence-corrected chi connectivity index (χ1v) is 11.2. The summed E-state index contributed by atoms with van der Waals surface area (Å²) in [6.45, 7) is 5.05. The van der Waals surface area contributed by atoms with E-state index in [0.717, 1.165) is 22.9 Å². The lowest BCUT2D eigenvalue weighted by Crippen LogP contribution is -2.48. The summed E-state index contributed by atoms with van der Waals surface area (Å²) in [7, 11) is 0. The zero-order valence-electron chi connectivity index (χ0n) is 17.3. The molecule has 0 aliphatic carbocycles. The Labute approximate surface area is 186 Å². The van der Waals surface area contributed by atoms with Gasteiger partial charge in [0.2, 0.25) is 0 Å². The summed E-state index contributed by atoms with van der Waals surface area (Å²) < 4.78 is 0. The van der Waals surface area contributed by atoms with Crippen LogP contribution in [0.1, 0.15) is 26.3 Å². The van der Waals surface area contributed by atoms with E-state index in [4.69, 9.17) is 0 Å². The van der Waals surface area contributed by atoms with Crippen molar-refractivity contribution in [2.24, 2.45) is 0 Å². The molecule has 0 radical (unpaired) electrons. The fourth-order valence-electron chi connectivity index (χ4n) is 4.01. The number of benzene rings is 3. The predicted octanol–water partition coefficient (Wildman–Crippen LogP) is 4.67. The Hall–Kier alpha value is -3.25. The molecule has 1 fully saturated rings. The monoisotopic (exact) mass is 429 g/mol. The van der Waals surface area contributed by atoms with Gasteiger partial charge in [-0.25, -0.2) is 0 Å². The highest BCUT2D eigenvalue weighted by molar-refractivity contribution is 7.99. The van der Waals surface area contributed by atoms with Gasteiger partial charge in [0, 0.05) is 47.2 Å². The number of amides is 2. The summed E-state index contributed by atoms with van der Waals surface area (Å²) in [5, 5.41) is 2.97. The second-order valence-corrected chi connectivity index (χ2v) is 8.96. The van der Waals surface area contributed by atoms with E-state index in [1.807, 2.05) is 41.3 Å². The number of hydrogen-bond acceptors (Lipinski definition) is 4. The molecule has 31 heavy (non-hydrogen) atoms. The minimum absolute atomic E-state index is 0.00682.